The topological polar surface area (TPSA) is 84.2 Å². The Morgan fingerprint density at radius 3 is 2.24 bits per heavy atom. The van der Waals surface area contributed by atoms with E-state index in [-0.39, 0.29) is 23.8 Å². The van der Waals surface area contributed by atoms with Crippen molar-refractivity contribution in [1.29, 1.82) is 0 Å². The van der Waals surface area contributed by atoms with Gasteiger partial charge in [0.05, 0.1) is 6.54 Å². The second-order valence-electron chi connectivity index (χ2n) is 6.22. The molecule has 0 spiro atoms. The molecular formula is C16H25N3O2. The lowest BCUT2D eigenvalue weighted by Crippen LogP contribution is -2.42. The van der Waals surface area contributed by atoms with Gasteiger partial charge in [0, 0.05) is 17.8 Å². The van der Waals surface area contributed by atoms with Crippen molar-refractivity contribution in [2.45, 2.75) is 27.7 Å². The second kappa shape index (κ2) is 7.11. The lowest BCUT2D eigenvalue weighted by molar-refractivity contribution is -0.120. The first-order valence-corrected chi connectivity index (χ1v) is 7.13. The van der Waals surface area contributed by atoms with Crippen molar-refractivity contribution in [3.8, 4) is 0 Å². The SMILES string of the molecule is CC(C)C(C)(C)CNC(=O)CNC(=O)c1ccc(N)cc1. The fraction of sp³-hybridized carbons (Fsp3) is 0.500. The van der Waals surface area contributed by atoms with Crippen molar-refractivity contribution < 1.29 is 9.59 Å². The molecule has 0 aliphatic carbocycles. The van der Waals surface area contributed by atoms with Crippen LogP contribution in [-0.4, -0.2) is 24.9 Å². The number of carbonyl (C=O) groups excluding carboxylic acids is 2. The third kappa shape index (κ3) is 5.45. The van der Waals surface area contributed by atoms with Crippen molar-refractivity contribution >= 4 is 17.5 Å². The summed E-state index contributed by atoms with van der Waals surface area (Å²) in [6.07, 6.45) is 0. The number of nitrogens with two attached hydrogens (primary N) is 1. The van der Waals surface area contributed by atoms with Gasteiger partial charge in [-0.1, -0.05) is 27.7 Å². The molecule has 21 heavy (non-hydrogen) atoms. The van der Waals surface area contributed by atoms with E-state index in [9.17, 15) is 9.59 Å². The van der Waals surface area contributed by atoms with Crippen LogP contribution in [0.4, 0.5) is 5.69 Å². The van der Waals surface area contributed by atoms with E-state index in [1.165, 1.54) is 0 Å². The van der Waals surface area contributed by atoms with E-state index in [1.54, 1.807) is 24.3 Å². The zero-order valence-electron chi connectivity index (χ0n) is 13.2. The number of hydrogen-bond donors (Lipinski definition) is 3. The lowest BCUT2D eigenvalue weighted by Gasteiger charge is -2.29. The van der Waals surface area contributed by atoms with Gasteiger partial charge in [0.15, 0.2) is 0 Å². The Kier molecular flexibility index (Phi) is 5.76. The Balaban J connectivity index is 2.39. The van der Waals surface area contributed by atoms with E-state index in [2.05, 4.69) is 38.3 Å². The molecule has 5 heteroatoms. The minimum Gasteiger partial charge on any atom is -0.399 e. The number of anilines is 1. The molecule has 1 aromatic carbocycles. The molecule has 0 unspecified atom stereocenters. The Morgan fingerprint density at radius 2 is 1.71 bits per heavy atom. The number of nitrogen functional groups attached to an aromatic ring is 1. The third-order valence-corrected chi connectivity index (χ3v) is 3.89. The molecule has 1 aromatic rings. The number of carbonyl (C=O) groups is 2. The first-order chi connectivity index (χ1) is 9.72. The molecule has 4 N–H and O–H groups in total. The van der Waals surface area contributed by atoms with Crippen LogP contribution in [0, 0.1) is 11.3 Å². The Bertz CT molecular complexity index is 493. The van der Waals surface area contributed by atoms with Crippen LogP contribution in [0.3, 0.4) is 0 Å². The molecule has 0 saturated carbocycles. The minimum absolute atomic E-state index is 0.0244. The summed E-state index contributed by atoms with van der Waals surface area (Å²) in [6, 6.07) is 6.56. The highest BCUT2D eigenvalue weighted by molar-refractivity contribution is 5.96. The molecule has 0 aliphatic heterocycles. The fourth-order valence-electron chi connectivity index (χ4n) is 1.49. The van der Waals surface area contributed by atoms with Gasteiger partial charge in [0.1, 0.15) is 0 Å². The molecule has 2 amide bonds. The summed E-state index contributed by atoms with van der Waals surface area (Å²) < 4.78 is 0. The standard InChI is InChI=1S/C16H25N3O2/c1-11(2)16(3,4)10-19-14(20)9-18-15(21)12-5-7-13(17)8-6-12/h5-8,11H,9-10,17H2,1-4H3,(H,18,21)(H,19,20). The molecule has 0 saturated heterocycles. The number of amides is 2. The van der Waals surface area contributed by atoms with Gasteiger partial charge in [-0.25, -0.2) is 0 Å². The maximum absolute atomic E-state index is 11.8. The molecule has 5 nitrogen and oxygen atoms in total. The highest BCUT2D eigenvalue weighted by Crippen LogP contribution is 2.24. The molecule has 0 aromatic heterocycles. The molecule has 0 fully saturated rings. The fourth-order valence-corrected chi connectivity index (χ4v) is 1.49. The van der Waals surface area contributed by atoms with Crippen LogP contribution in [0.2, 0.25) is 0 Å². The predicted molar refractivity (Wildman–Crippen MR) is 84.8 cm³/mol. The van der Waals surface area contributed by atoms with Crippen molar-refractivity contribution in [3.05, 3.63) is 29.8 Å². The molecule has 0 bridgehead atoms. The maximum Gasteiger partial charge on any atom is 0.251 e. The van der Waals surface area contributed by atoms with Gasteiger partial charge < -0.3 is 16.4 Å². The molecule has 0 radical (unpaired) electrons. The molecule has 0 aliphatic rings. The number of rotatable bonds is 6. The average molecular weight is 291 g/mol. The maximum atomic E-state index is 11.8. The van der Waals surface area contributed by atoms with Gasteiger partial charge in [-0.3, -0.25) is 9.59 Å². The Morgan fingerprint density at radius 1 is 1.14 bits per heavy atom. The van der Waals surface area contributed by atoms with Crippen LogP contribution >= 0.6 is 0 Å². The summed E-state index contributed by atoms with van der Waals surface area (Å²) in [6.45, 7) is 9.00. The zero-order chi connectivity index (χ0) is 16.0. The van der Waals surface area contributed by atoms with Gasteiger partial charge in [0.2, 0.25) is 5.91 Å². The van der Waals surface area contributed by atoms with Gasteiger partial charge >= 0.3 is 0 Å². The first kappa shape index (κ1) is 17.0. The van der Waals surface area contributed by atoms with E-state index in [0.717, 1.165) is 0 Å². The third-order valence-electron chi connectivity index (χ3n) is 3.89. The van der Waals surface area contributed by atoms with Crippen molar-refractivity contribution in [2.24, 2.45) is 11.3 Å². The van der Waals surface area contributed by atoms with E-state index >= 15 is 0 Å². The summed E-state index contributed by atoms with van der Waals surface area (Å²) in [5, 5.41) is 5.44. The monoisotopic (exact) mass is 291 g/mol. The number of hydrogen-bond acceptors (Lipinski definition) is 3. The summed E-state index contributed by atoms with van der Waals surface area (Å²) >= 11 is 0. The van der Waals surface area contributed by atoms with Crippen molar-refractivity contribution in [3.63, 3.8) is 0 Å². The summed E-state index contributed by atoms with van der Waals surface area (Å²) in [5.41, 5.74) is 6.67. The van der Waals surface area contributed by atoms with Crippen LogP contribution in [-0.2, 0) is 4.79 Å². The molecule has 1 rings (SSSR count). The number of benzene rings is 1. The average Bonchev–Trinajstić information content (AvgIpc) is 2.43. The second-order valence-corrected chi connectivity index (χ2v) is 6.22. The zero-order valence-corrected chi connectivity index (χ0v) is 13.2. The van der Waals surface area contributed by atoms with Gasteiger partial charge in [-0.05, 0) is 35.6 Å². The molecular weight excluding hydrogens is 266 g/mol. The Labute approximate surface area is 126 Å². The largest absolute Gasteiger partial charge is 0.399 e. The highest BCUT2D eigenvalue weighted by Gasteiger charge is 2.22. The van der Waals surface area contributed by atoms with Gasteiger partial charge in [-0.2, -0.15) is 0 Å². The van der Waals surface area contributed by atoms with Crippen LogP contribution in [0.15, 0.2) is 24.3 Å². The normalized spacial score (nSPS) is 11.3. The summed E-state index contributed by atoms with van der Waals surface area (Å²) in [4.78, 5) is 23.6. The molecule has 116 valence electrons. The lowest BCUT2D eigenvalue weighted by atomic mass is 9.81. The van der Waals surface area contributed by atoms with Crippen LogP contribution in [0.5, 0.6) is 0 Å². The summed E-state index contributed by atoms with van der Waals surface area (Å²) in [7, 11) is 0. The smallest absolute Gasteiger partial charge is 0.251 e. The van der Waals surface area contributed by atoms with Crippen molar-refractivity contribution in [1.82, 2.24) is 10.6 Å². The number of nitrogens with one attached hydrogen (secondary N) is 2. The quantitative estimate of drug-likeness (QED) is 0.699. The predicted octanol–water partition coefficient (Wildman–Crippen LogP) is 1.80. The van der Waals surface area contributed by atoms with E-state index in [1.807, 2.05) is 0 Å². The van der Waals surface area contributed by atoms with Crippen LogP contribution in [0.25, 0.3) is 0 Å². The molecule has 0 heterocycles. The van der Waals surface area contributed by atoms with Gasteiger partial charge in [-0.15, -0.1) is 0 Å². The van der Waals surface area contributed by atoms with E-state index < -0.39 is 0 Å². The van der Waals surface area contributed by atoms with Gasteiger partial charge in [0.25, 0.3) is 5.91 Å². The summed E-state index contributed by atoms with van der Waals surface area (Å²) in [5.74, 6) is -0.0111. The highest BCUT2D eigenvalue weighted by atomic mass is 16.2. The van der Waals surface area contributed by atoms with E-state index in [0.29, 0.717) is 23.7 Å². The first-order valence-electron chi connectivity index (χ1n) is 7.13. The van der Waals surface area contributed by atoms with Crippen LogP contribution in [0.1, 0.15) is 38.1 Å². The van der Waals surface area contributed by atoms with E-state index in [4.69, 9.17) is 5.73 Å². The molecule has 0 atom stereocenters. The minimum atomic E-state index is -0.284. The van der Waals surface area contributed by atoms with Crippen LogP contribution < -0.4 is 16.4 Å². The van der Waals surface area contributed by atoms with Crippen molar-refractivity contribution in [2.75, 3.05) is 18.8 Å². The Hall–Kier alpha value is -2.04.